The van der Waals surface area contributed by atoms with Crippen molar-refractivity contribution in [2.24, 2.45) is 0 Å². The third-order valence-corrected chi connectivity index (χ3v) is 2.78. The molecule has 0 aliphatic rings. The van der Waals surface area contributed by atoms with Gasteiger partial charge in [0.2, 0.25) is 11.8 Å². The number of carbonyl (C=O) groups is 1. The van der Waals surface area contributed by atoms with Crippen LogP contribution >= 0.6 is 0 Å². The monoisotopic (exact) mass is 240 g/mol. The zero-order chi connectivity index (χ0) is 12.7. The van der Waals surface area contributed by atoms with E-state index < -0.39 is 5.97 Å². The average Bonchev–Trinajstić information content (AvgIpc) is 2.76. The van der Waals surface area contributed by atoms with Gasteiger partial charge in [-0.25, -0.2) is 0 Å². The molecule has 0 radical (unpaired) electrons. The van der Waals surface area contributed by atoms with Gasteiger partial charge in [-0.3, -0.25) is 4.79 Å². The first-order valence-electron chi connectivity index (χ1n) is 6.21. The number of rotatable bonds is 8. The Morgan fingerprint density at radius 1 is 1.41 bits per heavy atom. The van der Waals surface area contributed by atoms with Gasteiger partial charge in [-0.05, 0) is 12.8 Å². The van der Waals surface area contributed by atoms with Crippen molar-refractivity contribution in [3.63, 3.8) is 0 Å². The molecule has 17 heavy (non-hydrogen) atoms. The summed E-state index contributed by atoms with van der Waals surface area (Å²) in [6.45, 7) is 4.25. The molecular weight excluding hydrogens is 220 g/mol. The van der Waals surface area contributed by atoms with E-state index in [2.05, 4.69) is 24.0 Å². The molecule has 5 heteroatoms. The molecule has 0 saturated carbocycles. The predicted octanol–water partition coefficient (Wildman–Crippen LogP) is 2.77. The minimum absolute atomic E-state index is 0.0351. The lowest BCUT2D eigenvalue weighted by atomic mass is 10.00. The van der Waals surface area contributed by atoms with E-state index in [9.17, 15) is 4.79 Å². The first kappa shape index (κ1) is 13.7. The van der Waals surface area contributed by atoms with Crippen LogP contribution in [0.4, 0.5) is 0 Å². The molecule has 1 aromatic rings. The Morgan fingerprint density at radius 3 is 2.76 bits per heavy atom. The van der Waals surface area contributed by atoms with Gasteiger partial charge in [0.15, 0.2) is 0 Å². The first-order valence-corrected chi connectivity index (χ1v) is 6.21. The molecule has 96 valence electrons. The number of aryl methyl sites for hydroxylation is 1. The Morgan fingerprint density at radius 2 is 2.18 bits per heavy atom. The molecule has 1 N–H and O–H groups in total. The molecule has 5 nitrogen and oxygen atoms in total. The van der Waals surface area contributed by atoms with Crippen molar-refractivity contribution < 1.29 is 14.3 Å². The van der Waals surface area contributed by atoms with Crippen LogP contribution in [0.2, 0.25) is 0 Å². The summed E-state index contributed by atoms with van der Waals surface area (Å²) >= 11 is 0. The lowest BCUT2D eigenvalue weighted by Gasteiger charge is -2.08. The van der Waals surface area contributed by atoms with E-state index in [1.165, 1.54) is 0 Å². The van der Waals surface area contributed by atoms with Gasteiger partial charge in [0, 0.05) is 12.3 Å². The molecule has 0 fully saturated rings. The standard InChI is InChI=1S/C12H20N2O3/c1-3-5-6-9(4-2)12-14-13-10(17-12)7-8-11(15)16/h9H,3-8H2,1-2H3,(H,15,16). The molecule has 1 heterocycles. The second-order valence-corrected chi connectivity index (χ2v) is 4.18. The molecule has 0 amide bonds. The average molecular weight is 240 g/mol. The fourth-order valence-corrected chi connectivity index (χ4v) is 1.70. The van der Waals surface area contributed by atoms with Crippen LogP contribution < -0.4 is 0 Å². The lowest BCUT2D eigenvalue weighted by molar-refractivity contribution is -0.137. The molecular formula is C12H20N2O3. The Hall–Kier alpha value is -1.39. The zero-order valence-corrected chi connectivity index (χ0v) is 10.5. The quantitative estimate of drug-likeness (QED) is 0.756. The topological polar surface area (TPSA) is 76.2 Å². The normalized spacial score (nSPS) is 12.6. The fraction of sp³-hybridized carbons (Fsp3) is 0.750. The van der Waals surface area contributed by atoms with Gasteiger partial charge < -0.3 is 9.52 Å². The molecule has 1 unspecified atom stereocenters. The van der Waals surface area contributed by atoms with E-state index in [0.29, 0.717) is 24.1 Å². The largest absolute Gasteiger partial charge is 0.481 e. The summed E-state index contributed by atoms with van der Waals surface area (Å²) in [5, 5.41) is 16.5. The van der Waals surface area contributed by atoms with Crippen molar-refractivity contribution in [3.8, 4) is 0 Å². The highest BCUT2D eigenvalue weighted by molar-refractivity contribution is 5.66. The Bertz CT molecular complexity index is 349. The second-order valence-electron chi connectivity index (χ2n) is 4.18. The minimum Gasteiger partial charge on any atom is -0.481 e. The molecule has 0 aliphatic carbocycles. The van der Waals surface area contributed by atoms with Gasteiger partial charge in [0.1, 0.15) is 0 Å². The number of nitrogens with zero attached hydrogens (tertiary/aromatic N) is 2. The summed E-state index contributed by atoms with van der Waals surface area (Å²) in [5.41, 5.74) is 0. The van der Waals surface area contributed by atoms with Crippen molar-refractivity contribution in [3.05, 3.63) is 11.8 Å². The van der Waals surface area contributed by atoms with Crippen LogP contribution in [0.15, 0.2) is 4.42 Å². The molecule has 1 atom stereocenters. The number of unbranched alkanes of at least 4 members (excludes halogenated alkanes) is 1. The number of carboxylic acids is 1. The van der Waals surface area contributed by atoms with Crippen LogP contribution in [-0.4, -0.2) is 21.3 Å². The molecule has 0 spiro atoms. The van der Waals surface area contributed by atoms with E-state index in [1.807, 2.05) is 0 Å². The van der Waals surface area contributed by atoms with E-state index in [0.717, 1.165) is 25.7 Å². The number of hydrogen-bond donors (Lipinski definition) is 1. The van der Waals surface area contributed by atoms with Crippen LogP contribution in [0.25, 0.3) is 0 Å². The summed E-state index contributed by atoms with van der Waals surface area (Å²) in [6.07, 6.45) is 4.66. The number of hydrogen-bond acceptors (Lipinski definition) is 4. The first-order chi connectivity index (χ1) is 8.17. The minimum atomic E-state index is -0.845. The number of carboxylic acid groups (broad SMARTS) is 1. The van der Waals surface area contributed by atoms with Crippen molar-refractivity contribution in [2.45, 2.75) is 58.3 Å². The van der Waals surface area contributed by atoms with Crippen molar-refractivity contribution in [2.75, 3.05) is 0 Å². The third-order valence-electron chi connectivity index (χ3n) is 2.78. The number of aromatic nitrogens is 2. The smallest absolute Gasteiger partial charge is 0.303 e. The number of aliphatic carboxylic acids is 1. The SMILES string of the molecule is CCCCC(CC)c1nnc(CCC(=O)O)o1. The molecule has 0 bridgehead atoms. The van der Waals surface area contributed by atoms with Crippen molar-refractivity contribution >= 4 is 5.97 Å². The van der Waals surface area contributed by atoms with Crippen LogP contribution in [0.3, 0.4) is 0 Å². The molecule has 0 aliphatic heterocycles. The summed E-state index contributed by atoms with van der Waals surface area (Å²) in [6, 6.07) is 0. The van der Waals surface area contributed by atoms with Gasteiger partial charge in [-0.1, -0.05) is 26.7 Å². The van der Waals surface area contributed by atoms with Crippen LogP contribution in [0, 0.1) is 0 Å². The summed E-state index contributed by atoms with van der Waals surface area (Å²) in [4.78, 5) is 10.4. The molecule has 0 saturated heterocycles. The Balaban J connectivity index is 2.55. The summed E-state index contributed by atoms with van der Waals surface area (Å²) in [5.74, 6) is 0.544. The second kappa shape index (κ2) is 7.04. The van der Waals surface area contributed by atoms with E-state index >= 15 is 0 Å². The van der Waals surface area contributed by atoms with Crippen LogP contribution in [0.1, 0.15) is 63.7 Å². The zero-order valence-electron chi connectivity index (χ0n) is 10.5. The third kappa shape index (κ3) is 4.54. The molecule has 0 aromatic carbocycles. The van der Waals surface area contributed by atoms with E-state index in [1.54, 1.807) is 0 Å². The highest BCUT2D eigenvalue weighted by Gasteiger charge is 2.16. The molecule has 1 rings (SSSR count). The maximum absolute atomic E-state index is 10.4. The summed E-state index contributed by atoms with van der Waals surface area (Å²) in [7, 11) is 0. The predicted molar refractivity (Wildman–Crippen MR) is 62.8 cm³/mol. The highest BCUT2D eigenvalue weighted by atomic mass is 16.4. The maximum Gasteiger partial charge on any atom is 0.303 e. The van der Waals surface area contributed by atoms with Crippen LogP contribution in [0.5, 0.6) is 0 Å². The van der Waals surface area contributed by atoms with E-state index in [4.69, 9.17) is 9.52 Å². The Labute approximate surface area is 101 Å². The van der Waals surface area contributed by atoms with E-state index in [-0.39, 0.29) is 6.42 Å². The van der Waals surface area contributed by atoms with Crippen molar-refractivity contribution in [1.29, 1.82) is 0 Å². The molecule has 1 aromatic heterocycles. The maximum atomic E-state index is 10.4. The van der Waals surface area contributed by atoms with Crippen molar-refractivity contribution in [1.82, 2.24) is 10.2 Å². The van der Waals surface area contributed by atoms with Gasteiger partial charge in [-0.2, -0.15) is 0 Å². The highest BCUT2D eigenvalue weighted by Crippen LogP contribution is 2.24. The van der Waals surface area contributed by atoms with Gasteiger partial charge in [0.05, 0.1) is 6.42 Å². The van der Waals surface area contributed by atoms with Crippen LogP contribution in [-0.2, 0) is 11.2 Å². The Kier molecular flexibility index (Phi) is 5.66. The van der Waals surface area contributed by atoms with Gasteiger partial charge in [-0.15, -0.1) is 10.2 Å². The van der Waals surface area contributed by atoms with Gasteiger partial charge in [0.25, 0.3) is 0 Å². The van der Waals surface area contributed by atoms with Gasteiger partial charge >= 0.3 is 5.97 Å². The fourth-order valence-electron chi connectivity index (χ4n) is 1.70. The summed E-state index contributed by atoms with van der Waals surface area (Å²) < 4.78 is 5.50. The lowest BCUT2D eigenvalue weighted by Crippen LogP contribution is -1.98.